The fraction of sp³-hybridized carbons (Fsp3) is 0. The van der Waals surface area contributed by atoms with E-state index in [2.05, 4.69) is 27.0 Å². The second-order valence-corrected chi connectivity index (χ2v) is 8.34. The molecule has 2 N–H and O–H groups in total. The van der Waals surface area contributed by atoms with Crippen molar-refractivity contribution in [2.75, 3.05) is 4.72 Å². The molecule has 4 aromatic rings. The van der Waals surface area contributed by atoms with Crippen LogP contribution in [0.5, 0.6) is 0 Å². The molecule has 31 heavy (non-hydrogen) atoms. The smallest absolute Gasteiger partial charge is 0.262 e. The summed E-state index contributed by atoms with van der Waals surface area (Å²) in [5.74, 6) is 1.96. The topological polar surface area (TPSA) is 87.7 Å². The standard InChI is InChI=1S/C20H10ClF3N4O2S/c21-15-8-13(2-4-17(15)23)31(29,30)28-18-6-5-16(22)14(19(18)24)3-1-11-7-12-10-26-27-20(12)25-9-11/h2,4-10,28H,(H,25,26,27). The highest BCUT2D eigenvalue weighted by Gasteiger charge is 2.20. The van der Waals surface area contributed by atoms with Gasteiger partial charge in [-0.15, -0.1) is 0 Å². The molecule has 0 saturated heterocycles. The third kappa shape index (κ3) is 4.19. The van der Waals surface area contributed by atoms with Crippen molar-refractivity contribution in [1.82, 2.24) is 15.2 Å². The molecule has 6 nitrogen and oxygen atoms in total. The first-order valence-electron chi connectivity index (χ1n) is 8.51. The number of halogens is 4. The zero-order valence-electron chi connectivity index (χ0n) is 15.2. The normalized spacial score (nSPS) is 11.2. The van der Waals surface area contributed by atoms with E-state index in [1.54, 1.807) is 6.07 Å². The van der Waals surface area contributed by atoms with Crippen molar-refractivity contribution in [2.45, 2.75) is 4.90 Å². The first-order valence-corrected chi connectivity index (χ1v) is 10.4. The van der Waals surface area contributed by atoms with Gasteiger partial charge in [-0.3, -0.25) is 9.82 Å². The molecule has 0 amide bonds. The number of nitrogens with zero attached hydrogens (tertiary/aromatic N) is 2. The lowest BCUT2D eigenvalue weighted by molar-refractivity contribution is 0.577. The van der Waals surface area contributed by atoms with Crippen LogP contribution in [0.3, 0.4) is 0 Å². The summed E-state index contributed by atoms with van der Waals surface area (Å²) in [4.78, 5) is 3.68. The van der Waals surface area contributed by atoms with Gasteiger partial charge in [0.15, 0.2) is 11.5 Å². The minimum atomic E-state index is -4.32. The second-order valence-electron chi connectivity index (χ2n) is 6.25. The van der Waals surface area contributed by atoms with Crippen LogP contribution in [0, 0.1) is 29.3 Å². The van der Waals surface area contributed by atoms with Crippen LogP contribution >= 0.6 is 11.6 Å². The van der Waals surface area contributed by atoms with Gasteiger partial charge in [-0.1, -0.05) is 23.4 Å². The molecule has 0 bridgehead atoms. The first-order chi connectivity index (χ1) is 14.7. The summed E-state index contributed by atoms with van der Waals surface area (Å²) in [6.07, 6.45) is 2.92. The summed E-state index contributed by atoms with van der Waals surface area (Å²) in [7, 11) is -4.32. The van der Waals surface area contributed by atoms with Crippen LogP contribution in [0.15, 0.2) is 53.7 Å². The summed E-state index contributed by atoms with van der Waals surface area (Å²) in [5, 5.41) is 6.72. The van der Waals surface area contributed by atoms with Crippen LogP contribution in [0.2, 0.25) is 5.02 Å². The van der Waals surface area contributed by atoms with Gasteiger partial charge in [-0.05, 0) is 36.4 Å². The average Bonchev–Trinajstić information content (AvgIpc) is 3.20. The number of pyridine rings is 1. The minimum Gasteiger partial charge on any atom is -0.277 e. The van der Waals surface area contributed by atoms with E-state index in [4.69, 9.17) is 11.6 Å². The Morgan fingerprint density at radius 3 is 2.55 bits per heavy atom. The second kappa shape index (κ2) is 7.94. The quantitative estimate of drug-likeness (QED) is 0.446. The highest BCUT2D eigenvalue weighted by Crippen LogP contribution is 2.25. The number of aromatic nitrogens is 3. The lowest BCUT2D eigenvalue weighted by Crippen LogP contribution is -2.15. The van der Waals surface area contributed by atoms with Crippen molar-refractivity contribution in [3.05, 3.63) is 82.4 Å². The molecule has 2 heterocycles. The van der Waals surface area contributed by atoms with Gasteiger partial charge in [0.1, 0.15) is 11.6 Å². The van der Waals surface area contributed by atoms with Gasteiger partial charge in [0.2, 0.25) is 0 Å². The van der Waals surface area contributed by atoms with Crippen molar-refractivity contribution >= 4 is 38.3 Å². The van der Waals surface area contributed by atoms with Gasteiger partial charge >= 0.3 is 0 Å². The van der Waals surface area contributed by atoms with Crippen molar-refractivity contribution in [2.24, 2.45) is 0 Å². The zero-order valence-corrected chi connectivity index (χ0v) is 16.8. The minimum absolute atomic E-state index is 0.375. The third-order valence-electron chi connectivity index (χ3n) is 4.16. The predicted octanol–water partition coefficient (Wildman–Crippen LogP) is 4.23. The number of H-pyrrole nitrogens is 1. The third-order valence-corrected chi connectivity index (χ3v) is 5.81. The molecular formula is C20H10ClF3N4O2S. The van der Waals surface area contributed by atoms with Crippen molar-refractivity contribution < 1.29 is 21.6 Å². The Kier molecular flexibility index (Phi) is 5.31. The van der Waals surface area contributed by atoms with Crippen LogP contribution in [0.25, 0.3) is 11.0 Å². The fourth-order valence-electron chi connectivity index (χ4n) is 2.63. The van der Waals surface area contributed by atoms with Gasteiger partial charge in [-0.2, -0.15) is 5.10 Å². The molecule has 11 heteroatoms. The number of hydrogen-bond donors (Lipinski definition) is 2. The number of fused-ring (bicyclic) bond motifs is 1. The molecule has 0 fully saturated rings. The van der Waals surface area contributed by atoms with E-state index in [1.807, 2.05) is 4.72 Å². The highest BCUT2D eigenvalue weighted by molar-refractivity contribution is 7.92. The largest absolute Gasteiger partial charge is 0.277 e. The molecule has 0 saturated carbocycles. The number of hydrogen-bond acceptors (Lipinski definition) is 4. The van der Waals surface area contributed by atoms with Crippen molar-refractivity contribution in [3.8, 4) is 11.8 Å². The molecule has 0 unspecified atom stereocenters. The zero-order chi connectivity index (χ0) is 22.2. The van der Waals surface area contributed by atoms with Crippen LogP contribution in [0.1, 0.15) is 11.1 Å². The van der Waals surface area contributed by atoms with E-state index >= 15 is 0 Å². The molecule has 0 spiro atoms. The number of benzene rings is 2. The lowest BCUT2D eigenvalue weighted by atomic mass is 10.1. The lowest BCUT2D eigenvalue weighted by Gasteiger charge is -2.10. The summed E-state index contributed by atoms with van der Waals surface area (Å²) < 4.78 is 69.3. The van der Waals surface area contributed by atoms with Gasteiger partial charge in [0, 0.05) is 17.1 Å². The maximum absolute atomic E-state index is 14.8. The molecule has 2 aromatic heterocycles. The molecular weight excluding hydrogens is 453 g/mol. The monoisotopic (exact) mass is 462 g/mol. The van der Waals surface area contributed by atoms with E-state index in [1.165, 1.54) is 12.4 Å². The fourth-order valence-corrected chi connectivity index (χ4v) is 3.96. The van der Waals surface area contributed by atoms with E-state index < -0.39 is 48.6 Å². The average molecular weight is 463 g/mol. The van der Waals surface area contributed by atoms with E-state index in [9.17, 15) is 21.6 Å². The van der Waals surface area contributed by atoms with Crippen LogP contribution < -0.4 is 4.72 Å². The highest BCUT2D eigenvalue weighted by atomic mass is 35.5. The van der Waals surface area contributed by atoms with Crippen molar-refractivity contribution in [1.29, 1.82) is 0 Å². The first kappa shape index (κ1) is 20.7. The maximum atomic E-state index is 14.8. The number of sulfonamides is 1. The molecule has 0 radical (unpaired) electrons. The Balaban J connectivity index is 1.68. The molecule has 156 valence electrons. The number of rotatable bonds is 3. The number of anilines is 1. The van der Waals surface area contributed by atoms with Gasteiger partial charge < -0.3 is 0 Å². The Morgan fingerprint density at radius 1 is 1.00 bits per heavy atom. The van der Waals surface area contributed by atoms with E-state index in [0.29, 0.717) is 16.6 Å². The summed E-state index contributed by atoms with van der Waals surface area (Å²) >= 11 is 5.61. The number of nitrogens with one attached hydrogen (secondary N) is 2. The van der Waals surface area contributed by atoms with Gasteiger partial charge in [-0.25, -0.2) is 26.6 Å². The molecule has 0 aliphatic rings. The molecule has 0 aliphatic heterocycles. The Morgan fingerprint density at radius 2 is 1.77 bits per heavy atom. The Bertz CT molecular complexity index is 1490. The molecule has 4 rings (SSSR count). The van der Waals surface area contributed by atoms with Gasteiger partial charge in [0.25, 0.3) is 10.0 Å². The van der Waals surface area contributed by atoms with Crippen LogP contribution in [0.4, 0.5) is 18.9 Å². The van der Waals surface area contributed by atoms with Crippen LogP contribution in [-0.4, -0.2) is 23.6 Å². The van der Waals surface area contributed by atoms with E-state index in [-0.39, 0.29) is 0 Å². The summed E-state index contributed by atoms with van der Waals surface area (Å²) in [5.41, 5.74) is -0.265. The SMILES string of the molecule is O=S(=O)(Nc1ccc(F)c(C#Cc2cnc3[nH]ncc3c2)c1F)c1ccc(F)c(Cl)c1. The van der Waals surface area contributed by atoms with E-state index in [0.717, 1.165) is 30.3 Å². The summed E-state index contributed by atoms with van der Waals surface area (Å²) in [6.45, 7) is 0. The number of aromatic amines is 1. The molecule has 2 aromatic carbocycles. The maximum Gasteiger partial charge on any atom is 0.262 e. The van der Waals surface area contributed by atoms with Crippen molar-refractivity contribution in [3.63, 3.8) is 0 Å². The molecule has 0 atom stereocenters. The van der Waals surface area contributed by atoms with Crippen LogP contribution in [-0.2, 0) is 10.0 Å². The summed E-state index contributed by atoms with van der Waals surface area (Å²) in [6, 6.07) is 6.11. The Hall–Kier alpha value is -3.55. The Labute approximate surface area is 179 Å². The predicted molar refractivity (Wildman–Crippen MR) is 108 cm³/mol. The van der Waals surface area contributed by atoms with Gasteiger partial charge in [0.05, 0.1) is 27.4 Å². The molecule has 0 aliphatic carbocycles.